The van der Waals surface area contributed by atoms with Gasteiger partial charge in [0.1, 0.15) is 12.4 Å². The average molecular weight is 332 g/mol. The van der Waals surface area contributed by atoms with Crippen LogP contribution in [0.3, 0.4) is 0 Å². The van der Waals surface area contributed by atoms with Crippen molar-refractivity contribution in [2.75, 3.05) is 13.2 Å². The van der Waals surface area contributed by atoms with E-state index in [9.17, 15) is 4.79 Å². The van der Waals surface area contributed by atoms with Crippen molar-refractivity contribution in [3.05, 3.63) is 71.9 Å². The second-order valence-corrected chi connectivity index (χ2v) is 6.35. The number of para-hydroxylation sites is 2. The maximum absolute atomic E-state index is 12.5. The molecule has 1 N–H and O–H groups in total. The molecular weight excluding hydrogens is 312 g/mol. The van der Waals surface area contributed by atoms with Gasteiger partial charge in [0.25, 0.3) is 0 Å². The molecular formula is C21H20N2O2. The second kappa shape index (κ2) is 6.93. The Morgan fingerprint density at radius 3 is 2.96 bits per heavy atom. The third-order valence-corrected chi connectivity index (χ3v) is 4.66. The molecule has 2 heterocycles. The number of aromatic nitrogens is 1. The molecule has 4 heteroatoms. The molecule has 0 saturated heterocycles. The molecule has 0 bridgehead atoms. The van der Waals surface area contributed by atoms with Crippen LogP contribution >= 0.6 is 0 Å². The molecule has 1 unspecified atom stereocenters. The highest BCUT2D eigenvalue weighted by atomic mass is 16.5. The first-order valence-corrected chi connectivity index (χ1v) is 8.62. The lowest BCUT2D eigenvalue weighted by Gasteiger charge is -2.24. The summed E-state index contributed by atoms with van der Waals surface area (Å²) in [4.78, 5) is 16.9. The third-order valence-electron chi connectivity index (χ3n) is 4.66. The second-order valence-electron chi connectivity index (χ2n) is 6.35. The Morgan fingerprint density at radius 2 is 2.00 bits per heavy atom. The van der Waals surface area contributed by atoms with E-state index in [2.05, 4.69) is 28.5 Å². The Balaban J connectivity index is 1.36. The van der Waals surface area contributed by atoms with Crippen molar-refractivity contribution in [3.63, 3.8) is 0 Å². The van der Waals surface area contributed by atoms with Crippen molar-refractivity contribution in [3.8, 4) is 5.75 Å². The van der Waals surface area contributed by atoms with E-state index in [-0.39, 0.29) is 11.8 Å². The van der Waals surface area contributed by atoms with Gasteiger partial charge in [-0.05, 0) is 36.1 Å². The SMILES string of the molecule is O=C(NCCc1cccc2cccnc12)C1COc2ccccc2C1. The average Bonchev–Trinajstić information content (AvgIpc) is 2.67. The standard InChI is InChI=1S/C21H20N2O2/c24-21(18-13-17-5-1-2-9-19(17)25-14-18)23-12-10-16-7-3-6-15-8-4-11-22-20(15)16/h1-9,11,18H,10,12-14H2,(H,23,24). The number of hydrogen-bond donors (Lipinski definition) is 1. The Labute approximate surface area is 146 Å². The zero-order valence-corrected chi connectivity index (χ0v) is 13.9. The Hall–Kier alpha value is -2.88. The minimum Gasteiger partial charge on any atom is -0.492 e. The number of benzene rings is 2. The number of carbonyl (C=O) groups excluding carboxylic acids is 1. The Kier molecular flexibility index (Phi) is 4.34. The van der Waals surface area contributed by atoms with Gasteiger partial charge in [0.2, 0.25) is 5.91 Å². The van der Waals surface area contributed by atoms with Gasteiger partial charge in [-0.2, -0.15) is 0 Å². The normalized spacial score (nSPS) is 16.1. The number of pyridine rings is 1. The summed E-state index contributed by atoms with van der Waals surface area (Å²) < 4.78 is 5.71. The van der Waals surface area contributed by atoms with Crippen molar-refractivity contribution in [1.82, 2.24) is 10.3 Å². The van der Waals surface area contributed by atoms with Crippen LogP contribution in [0, 0.1) is 5.92 Å². The molecule has 1 aromatic heterocycles. The molecule has 3 aromatic rings. The molecule has 0 radical (unpaired) electrons. The molecule has 1 amide bonds. The maximum atomic E-state index is 12.5. The number of hydrogen-bond acceptors (Lipinski definition) is 3. The van der Waals surface area contributed by atoms with Crippen LogP contribution in [-0.4, -0.2) is 24.0 Å². The van der Waals surface area contributed by atoms with E-state index in [0.29, 0.717) is 13.2 Å². The molecule has 1 atom stereocenters. The molecule has 1 aliphatic heterocycles. The smallest absolute Gasteiger partial charge is 0.226 e. The monoisotopic (exact) mass is 332 g/mol. The number of amides is 1. The zero-order chi connectivity index (χ0) is 17.1. The lowest BCUT2D eigenvalue weighted by molar-refractivity contribution is -0.126. The van der Waals surface area contributed by atoms with Crippen LogP contribution in [0.5, 0.6) is 5.75 Å². The fourth-order valence-corrected chi connectivity index (χ4v) is 3.33. The van der Waals surface area contributed by atoms with Crippen molar-refractivity contribution in [1.29, 1.82) is 0 Å². The van der Waals surface area contributed by atoms with Gasteiger partial charge in [0.15, 0.2) is 0 Å². The van der Waals surface area contributed by atoms with E-state index in [1.807, 2.05) is 36.4 Å². The van der Waals surface area contributed by atoms with Gasteiger partial charge in [-0.15, -0.1) is 0 Å². The van der Waals surface area contributed by atoms with Gasteiger partial charge in [0.05, 0.1) is 11.4 Å². The van der Waals surface area contributed by atoms with Gasteiger partial charge >= 0.3 is 0 Å². The summed E-state index contributed by atoms with van der Waals surface area (Å²) in [7, 11) is 0. The Morgan fingerprint density at radius 1 is 1.12 bits per heavy atom. The number of carbonyl (C=O) groups is 1. The molecule has 126 valence electrons. The lowest BCUT2D eigenvalue weighted by Crippen LogP contribution is -2.38. The van der Waals surface area contributed by atoms with Crippen LogP contribution in [-0.2, 0) is 17.6 Å². The molecule has 0 spiro atoms. The summed E-state index contributed by atoms with van der Waals surface area (Å²) in [5.74, 6) is 0.830. The minimum atomic E-state index is -0.124. The molecule has 4 rings (SSSR count). The predicted molar refractivity (Wildman–Crippen MR) is 97.6 cm³/mol. The van der Waals surface area contributed by atoms with Gasteiger partial charge < -0.3 is 10.1 Å². The first-order valence-electron chi connectivity index (χ1n) is 8.62. The highest BCUT2D eigenvalue weighted by Gasteiger charge is 2.25. The van der Waals surface area contributed by atoms with E-state index < -0.39 is 0 Å². The summed E-state index contributed by atoms with van der Waals surface area (Å²) in [5, 5.41) is 4.18. The molecule has 2 aromatic carbocycles. The van der Waals surface area contributed by atoms with Gasteiger partial charge in [-0.3, -0.25) is 9.78 Å². The molecule has 0 fully saturated rings. The highest BCUT2D eigenvalue weighted by molar-refractivity contribution is 5.82. The van der Waals surface area contributed by atoms with Crippen molar-refractivity contribution in [2.24, 2.45) is 5.92 Å². The predicted octanol–water partition coefficient (Wildman–Crippen LogP) is 3.14. The van der Waals surface area contributed by atoms with Crippen LogP contribution in [0.4, 0.5) is 0 Å². The first kappa shape index (κ1) is 15.6. The van der Waals surface area contributed by atoms with Crippen LogP contribution in [0.25, 0.3) is 10.9 Å². The molecule has 25 heavy (non-hydrogen) atoms. The topological polar surface area (TPSA) is 51.2 Å². The first-order chi connectivity index (χ1) is 12.3. The molecule has 0 aliphatic carbocycles. The van der Waals surface area contributed by atoms with E-state index in [1.54, 1.807) is 6.20 Å². The molecule has 0 saturated carbocycles. The van der Waals surface area contributed by atoms with Crippen LogP contribution in [0.1, 0.15) is 11.1 Å². The zero-order valence-electron chi connectivity index (χ0n) is 13.9. The molecule has 4 nitrogen and oxygen atoms in total. The highest BCUT2D eigenvalue weighted by Crippen LogP contribution is 2.26. The fourth-order valence-electron chi connectivity index (χ4n) is 3.33. The van der Waals surface area contributed by atoms with Crippen molar-refractivity contribution in [2.45, 2.75) is 12.8 Å². The number of fused-ring (bicyclic) bond motifs is 2. The lowest BCUT2D eigenvalue weighted by atomic mass is 9.96. The largest absolute Gasteiger partial charge is 0.492 e. The van der Waals surface area contributed by atoms with Crippen molar-refractivity contribution < 1.29 is 9.53 Å². The van der Waals surface area contributed by atoms with Gasteiger partial charge in [-0.1, -0.05) is 42.5 Å². The number of nitrogens with one attached hydrogen (secondary N) is 1. The summed E-state index contributed by atoms with van der Waals surface area (Å²) in [6.45, 7) is 1.05. The van der Waals surface area contributed by atoms with E-state index >= 15 is 0 Å². The number of ether oxygens (including phenoxy) is 1. The van der Waals surface area contributed by atoms with Gasteiger partial charge in [-0.25, -0.2) is 0 Å². The summed E-state index contributed by atoms with van der Waals surface area (Å²) >= 11 is 0. The van der Waals surface area contributed by atoms with E-state index in [4.69, 9.17) is 4.74 Å². The van der Waals surface area contributed by atoms with Crippen LogP contribution in [0.2, 0.25) is 0 Å². The van der Waals surface area contributed by atoms with Crippen molar-refractivity contribution >= 4 is 16.8 Å². The summed E-state index contributed by atoms with van der Waals surface area (Å²) in [5.41, 5.74) is 3.27. The maximum Gasteiger partial charge on any atom is 0.226 e. The fraction of sp³-hybridized carbons (Fsp3) is 0.238. The summed E-state index contributed by atoms with van der Waals surface area (Å²) in [6.07, 6.45) is 3.31. The minimum absolute atomic E-state index is 0.0581. The summed E-state index contributed by atoms with van der Waals surface area (Å²) in [6, 6.07) is 18.1. The molecule has 1 aliphatic rings. The van der Waals surface area contributed by atoms with Crippen LogP contribution in [0.15, 0.2) is 60.8 Å². The number of rotatable bonds is 4. The van der Waals surface area contributed by atoms with Gasteiger partial charge in [0, 0.05) is 18.1 Å². The van der Waals surface area contributed by atoms with Crippen LogP contribution < -0.4 is 10.1 Å². The number of nitrogens with zero attached hydrogens (tertiary/aromatic N) is 1. The quantitative estimate of drug-likeness (QED) is 0.798. The van der Waals surface area contributed by atoms with E-state index in [1.165, 1.54) is 0 Å². The van der Waals surface area contributed by atoms with E-state index in [0.717, 1.165) is 40.6 Å². The third kappa shape index (κ3) is 3.33. The Bertz CT molecular complexity index is 902.